The first kappa shape index (κ1) is 11.2. The number of ether oxygens (including phenoxy) is 1. The van der Waals surface area contributed by atoms with Crippen molar-refractivity contribution in [3.05, 3.63) is 0 Å². The van der Waals surface area contributed by atoms with E-state index in [1.165, 1.54) is 0 Å². The van der Waals surface area contributed by atoms with Crippen molar-refractivity contribution in [1.82, 2.24) is 10.6 Å². The van der Waals surface area contributed by atoms with E-state index in [4.69, 9.17) is 4.74 Å². The van der Waals surface area contributed by atoms with E-state index in [1.807, 2.05) is 6.92 Å². The second kappa shape index (κ2) is 4.72. The zero-order valence-corrected chi connectivity index (χ0v) is 9.71. The van der Waals surface area contributed by atoms with E-state index in [0.29, 0.717) is 13.2 Å². The number of carbonyl (C=O) groups is 1. The minimum absolute atomic E-state index is 0.0705. The smallest absolute Gasteiger partial charge is 0.313 e. The number of hydrogen-bond donors (Lipinski definition) is 2. The largest absolute Gasteiger partial charge is 0.466 e. The third kappa shape index (κ3) is 2.46. The molecule has 0 atom stereocenters. The predicted molar refractivity (Wildman–Crippen MR) is 61.2 cm³/mol. The van der Waals surface area contributed by atoms with Crippen LogP contribution in [0, 0.1) is 5.41 Å². The highest BCUT2D eigenvalue weighted by molar-refractivity contribution is 5.83. The van der Waals surface area contributed by atoms with Crippen molar-refractivity contribution in [2.75, 3.05) is 26.2 Å². The number of esters is 1. The monoisotopic (exact) mass is 225 g/mol. The molecule has 1 aliphatic carbocycles. The standard InChI is InChI=1S/C11H19N3O2/c1-2-16-9(15)11(4-5-11)8-14-10-12-6-3-7-13-10/h2-8H2,1H3,(H2,12,13,14). The number of nitrogens with zero attached hydrogens (tertiary/aromatic N) is 1. The summed E-state index contributed by atoms with van der Waals surface area (Å²) in [5.41, 5.74) is -0.280. The van der Waals surface area contributed by atoms with E-state index in [1.54, 1.807) is 0 Å². The van der Waals surface area contributed by atoms with Gasteiger partial charge in [-0.25, -0.2) is 0 Å². The average molecular weight is 225 g/mol. The fourth-order valence-electron chi connectivity index (χ4n) is 1.79. The Morgan fingerprint density at radius 1 is 1.62 bits per heavy atom. The molecule has 5 heteroatoms. The van der Waals surface area contributed by atoms with Crippen LogP contribution in [0.1, 0.15) is 26.2 Å². The minimum Gasteiger partial charge on any atom is -0.466 e. The number of rotatable bonds is 4. The lowest BCUT2D eigenvalue weighted by Gasteiger charge is -2.19. The molecular formula is C11H19N3O2. The summed E-state index contributed by atoms with van der Waals surface area (Å²) < 4.78 is 5.07. The van der Waals surface area contributed by atoms with Gasteiger partial charge in [0.05, 0.1) is 12.0 Å². The maximum Gasteiger partial charge on any atom is 0.313 e. The molecule has 2 aliphatic rings. The van der Waals surface area contributed by atoms with Crippen molar-refractivity contribution >= 4 is 11.9 Å². The van der Waals surface area contributed by atoms with Crippen molar-refractivity contribution in [3.8, 4) is 0 Å². The topological polar surface area (TPSA) is 62.7 Å². The van der Waals surface area contributed by atoms with Crippen LogP contribution in [0.2, 0.25) is 0 Å². The zero-order valence-electron chi connectivity index (χ0n) is 9.71. The Kier molecular flexibility index (Phi) is 3.31. The van der Waals surface area contributed by atoms with Gasteiger partial charge < -0.3 is 15.4 Å². The number of guanidine groups is 1. The summed E-state index contributed by atoms with van der Waals surface area (Å²) in [6, 6.07) is 0. The Labute approximate surface area is 95.6 Å². The van der Waals surface area contributed by atoms with Crippen molar-refractivity contribution in [2.45, 2.75) is 26.2 Å². The number of hydrogen-bond acceptors (Lipinski definition) is 5. The van der Waals surface area contributed by atoms with Crippen molar-refractivity contribution in [1.29, 1.82) is 0 Å². The van der Waals surface area contributed by atoms with Gasteiger partial charge in [-0.1, -0.05) is 0 Å². The zero-order chi connectivity index (χ0) is 11.4. The Hall–Kier alpha value is -1.26. The molecule has 0 spiro atoms. The molecule has 1 fully saturated rings. The average Bonchev–Trinajstić information content (AvgIpc) is 3.09. The fourth-order valence-corrected chi connectivity index (χ4v) is 1.79. The number of nitrogens with one attached hydrogen (secondary N) is 2. The van der Waals surface area contributed by atoms with Crippen LogP contribution in [0.4, 0.5) is 0 Å². The quantitative estimate of drug-likeness (QED) is 0.674. The third-order valence-corrected chi connectivity index (χ3v) is 3.05. The molecule has 0 aromatic rings. The van der Waals surface area contributed by atoms with E-state index in [9.17, 15) is 4.79 Å². The van der Waals surface area contributed by atoms with E-state index in [0.717, 1.165) is 38.3 Å². The summed E-state index contributed by atoms with van der Waals surface area (Å²) in [7, 11) is 0. The molecule has 90 valence electrons. The maximum absolute atomic E-state index is 11.7. The van der Waals surface area contributed by atoms with Crippen LogP contribution in [0.5, 0.6) is 0 Å². The second-order valence-corrected chi connectivity index (χ2v) is 4.37. The van der Waals surface area contributed by atoms with Crippen LogP contribution in [0.3, 0.4) is 0 Å². The first-order valence-electron chi connectivity index (χ1n) is 5.96. The SMILES string of the molecule is CCOC(=O)C1(CNC2=NCCCN2)CC1. The van der Waals surface area contributed by atoms with E-state index in [2.05, 4.69) is 15.6 Å². The van der Waals surface area contributed by atoms with Crippen LogP contribution >= 0.6 is 0 Å². The predicted octanol–water partition coefficient (Wildman–Crippen LogP) is 0.269. The van der Waals surface area contributed by atoms with Crippen molar-refractivity contribution in [2.24, 2.45) is 10.4 Å². The van der Waals surface area contributed by atoms with Gasteiger partial charge >= 0.3 is 5.97 Å². The Bertz CT molecular complexity index is 298. The molecule has 0 aromatic carbocycles. The Morgan fingerprint density at radius 2 is 2.44 bits per heavy atom. The van der Waals surface area contributed by atoms with E-state index < -0.39 is 0 Å². The highest BCUT2D eigenvalue weighted by Gasteiger charge is 2.51. The molecule has 5 nitrogen and oxygen atoms in total. The van der Waals surface area contributed by atoms with Crippen LogP contribution < -0.4 is 10.6 Å². The molecule has 1 heterocycles. The summed E-state index contributed by atoms with van der Waals surface area (Å²) in [5.74, 6) is 0.751. The maximum atomic E-state index is 11.7. The first-order chi connectivity index (χ1) is 7.77. The normalized spacial score (nSPS) is 21.7. The van der Waals surface area contributed by atoms with Gasteiger partial charge in [0.25, 0.3) is 0 Å². The molecule has 0 unspecified atom stereocenters. The van der Waals surface area contributed by atoms with Gasteiger partial charge in [0.15, 0.2) is 5.96 Å². The first-order valence-corrected chi connectivity index (χ1v) is 5.96. The molecule has 2 N–H and O–H groups in total. The van der Waals surface area contributed by atoms with Gasteiger partial charge in [-0.15, -0.1) is 0 Å². The molecule has 0 radical (unpaired) electrons. The van der Waals surface area contributed by atoms with Crippen LogP contribution in [0.15, 0.2) is 4.99 Å². The molecule has 16 heavy (non-hydrogen) atoms. The van der Waals surface area contributed by atoms with Gasteiger partial charge in [0.2, 0.25) is 0 Å². The summed E-state index contributed by atoms with van der Waals surface area (Å²) >= 11 is 0. The second-order valence-electron chi connectivity index (χ2n) is 4.37. The fraction of sp³-hybridized carbons (Fsp3) is 0.818. The van der Waals surface area contributed by atoms with Gasteiger partial charge in [-0.3, -0.25) is 9.79 Å². The summed E-state index contributed by atoms with van der Waals surface area (Å²) in [4.78, 5) is 16.0. The molecule has 1 saturated carbocycles. The van der Waals surface area contributed by atoms with Crippen LogP contribution in [-0.2, 0) is 9.53 Å². The molecule has 1 aliphatic heterocycles. The van der Waals surface area contributed by atoms with Crippen molar-refractivity contribution in [3.63, 3.8) is 0 Å². The summed E-state index contributed by atoms with van der Waals surface area (Å²) in [6.07, 6.45) is 2.92. The van der Waals surface area contributed by atoms with Gasteiger partial charge in [-0.05, 0) is 26.2 Å². The third-order valence-electron chi connectivity index (χ3n) is 3.05. The number of carbonyl (C=O) groups excluding carboxylic acids is 1. The molecule has 0 aromatic heterocycles. The molecule has 0 amide bonds. The Morgan fingerprint density at radius 3 is 3.00 bits per heavy atom. The lowest BCUT2D eigenvalue weighted by Crippen LogP contribution is -2.44. The molecule has 0 bridgehead atoms. The summed E-state index contributed by atoms with van der Waals surface area (Å²) in [6.45, 7) is 4.76. The molecule has 0 saturated heterocycles. The van der Waals surface area contributed by atoms with Crippen LogP contribution in [-0.4, -0.2) is 38.2 Å². The lowest BCUT2D eigenvalue weighted by molar-refractivity contribution is -0.149. The van der Waals surface area contributed by atoms with Gasteiger partial charge in [-0.2, -0.15) is 0 Å². The highest BCUT2D eigenvalue weighted by atomic mass is 16.5. The van der Waals surface area contributed by atoms with E-state index in [-0.39, 0.29) is 11.4 Å². The Balaban J connectivity index is 1.80. The van der Waals surface area contributed by atoms with E-state index >= 15 is 0 Å². The van der Waals surface area contributed by atoms with Gasteiger partial charge in [0.1, 0.15) is 0 Å². The van der Waals surface area contributed by atoms with Crippen LogP contribution in [0.25, 0.3) is 0 Å². The van der Waals surface area contributed by atoms with Gasteiger partial charge in [0, 0.05) is 19.6 Å². The minimum atomic E-state index is -0.280. The molecular weight excluding hydrogens is 206 g/mol. The summed E-state index contributed by atoms with van der Waals surface area (Å²) in [5, 5.41) is 6.38. The lowest BCUT2D eigenvalue weighted by atomic mass is 10.1. The highest BCUT2D eigenvalue weighted by Crippen LogP contribution is 2.46. The van der Waals surface area contributed by atoms with Crippen molar-refractivity contribution < 1.29 is 9.53 Å². The molecule has 2 rings (SSSR count). The number of aliphatic imine (C=N–C) groups is 1.